The van der Waals surface area contributed by atoms with Gasteiger partial charge in [-0.05, 0) is 25.1 Å². The molecule has 0 radical (unpaired) electrons. The van der Waals surface area contributed by atoms with Crippen LogP contribution in [0.2, 0.25) is 0 Å². The molecule has 1 atom stereocenters. The van der Waals surface area contributed by atoms with Crippen LogP contribution in [-0.4, -0.2) is 11.2 Å². The highest BCUT2D eigenvalue weighted by atomic mass is 32.1. The van der Waals surface area contributed by atoms with Crippen molar-refractivity contribution in [3.63, 3.8) is 0 Å². The molecular formula is C8H19N3S. The maximum absolute atomic E-state index is 5.15. The van der Waals surface area contributed by atoms with Crippen LogP contribution in [0.1, 0.15) is 33.6 Å². The summed E-state index contributed by atoms with van der Waals surface area (Å²) in [7, 11) is 0. The molecular weight excluding hydrogens is 170 g/mol. The summed E-state index contributed by atoms with van der Waals surface area (Å²) in [6.07, 6.45) is 2.33. The number of nitrogens with one attached hydrogen (secondary N) is 2. The fourth-order valence-electron chi connectivity index (χ4n) is 1.36. The van der Waals surface area contributed by atoms with Gasteiger partial charge in [0.2, 0.25) is 0 Å². The smallest absolute Gasteiger partial charge is 0.180 e. The van der Waals surface area contributed by atoms with Crippen molar-refractivity contribution >= 4 is 17.3 Å². The maximum atomic E-state index is 5.15. The molecule has 0 spiro atoms. The first-order valence-electron chi connectivity index (χ1n) is 4.42. The zero-order valence-electron chi connectivity index (χ0n) is 8.05. The quantitative estimate of drug-likeness (QED) is 0.353. The highest BCUT2D eigenvalue weighted by Crippen LogP contribution is 2.12. The van der Waals surface area contributed by atoms with E-state index in [0.717, 1.165) is 12.8 Å². The number of nitrogens with two attached hydrogens (primary N) is 1. The van der Waals surface area contributed by atoms with Gasteiger partial charge in [0.1, 0.15) is 0 Å². The lowest BCUT2D eigenvalue weighted by molar-refractivity contribution is 0.390. The first kappa shape index (κ1) is 11.6. The van der Waals surface area contributed by atoms with Crippen molar-refractivity contribution in [3.05, 3.63) is 0 Å². The molecule has 0 aliphatic heterocycles. The van der Waals surface area contributed by atoms with Gasteiger partial charge in [-0.3, -0.25) is 0 Å². The minimum Gasteiger partial charge on any atom is -0.359 e. The molecule has 0 aromatic heterocycles. The van der Waals surface area contributed by atoms with Crippen LogP contribution in [0.15, 0.2) is 0 Å². The standard InChI is InChI=1S/C8H19N3S/c1-4-7(5-2)6(3)10-8(12)11-9/h6-7H,4-5,9H2,1-3H3,(H2,10,11,12). The van der Waals surface area contributed by atoms with E-state index in [0.29, 0.717) is 17.1 Å². The molecule has 4 N–H and O–H groups in total. The van der Waals surface area contributed by atoms with E-state index in [-0.39, 0.29) is 0 Å². The number of hydrogen-bond acceptors (Lipinski definition) is 2. The van der Waals surface area contributed by atoms with Crippen LogP contribution in [0.3, 0.4) is 0 Å². The molecule has 0 bridgehead atoms. The molecule has 0 aromatic carbocycles. The van der Waals surface area contributed by atoms with Crippen LogP contribution >= 0.6 is 12.2 Å². The molecule has 0 amide bonds. The lowest BCUT2D eigenvalue weighted by Gasteiger charge is -2.23. The molecule has 12 heavy (non-hydrogen) atoms. The van der Waals surface area contributed by atoms with E-state index in [1.807, 2.05) is 0 Å². The van der Waals surface area contributed by atoms with Gasteiger partial charge in [0, 0.05) is 6.04 Å². The number of rotatable bonds is 4. The second-order valence-corrected chi connectivity index (χ2v) is 3.39. The minimum absolute atomic E-state index is 0.392. The van der Waals surface area contributed by atoms with Gasteiger partial charge >= 0.3 is 0 Å². The molecule has 72 valence electrons. The largest absolute Gasteiger partial charge is 0.359 e. The molecule has 0 saturated heterocycles. The Hall–Kier alpha value is -0.350. The molecule has 1 unspecified atom stereocenters. The van der Waals surface area contributed by atoms with E-state index >= 15 is 0 Å². The second-order valence-electron chi connectivity index (χ2n) is 2.98. The van der Waals surface area contributed by atoms with Crippen molar-refractivity contribution in [1.82, 2.24) is 10.7 Å². The summed E-state index contributed by atoms with van der Waals surface area (Å²) in [6, 6.07) is 0.392. The predicted octanol–water partition coefficient (Wildman–Crippen LogP) is 1.15. The molecule has 0 rings (SSSR count). The Morgan fingerprint density at radius 1 is 1.42 bits per heavy atom. The first-order chi connectivity index (χ1) is 5.65. The Morgan fingerprint density at radius 2 is 1.92 bits per heavy atom. The summed E-state index contributed by atoms with van der Waals surface area (Å²) < 4.78 is 0. The minimum atomic E-state index is 0.392. The molecule has 3 nitrogen and oxygen atoms in total. The lowest BCUT2D eigenvalue weighted by Crippen LogP contribution is -2.46. The van der Waals surface area contributed by atoms with Gasteiger partial charge in [-0.15, -0.1) is 0 Å². The summed E-state index contributed by atoms with van der Waals surface area (Å²) >= 11 is 4.90. The van der Waals surface area contributed by atoms with Crippen LogP contribution in [0.25, 0.3) is 0 Å². The van der Waals surface area contributed by atoms with Gasteiger partial charge in [-0.2, -0.15) is 0 Å². The van der Waals surface area contributed by atoms with Crippen LogP contribution < -0.4 is 16.6 Å². The average Bonchev–Trinajstić information content (AvgIpc) is 2.06. The fourth-order valence-corrected chi connectivity index (χ4v) is 1.55. The molecule has 4 heteroatoms. The summed E-state index contributed by atoms with van der Waals surface area (Å²) in [5, 5.41) is 3.65. The molecule has 0 aliphatic rings. The van der Waals surface area contributed by atoms with Gasteiger partial charge in [-0.1, -0.05) is 26.7 Å². The number of hydrazine groups is 1. The van der Waals surface area contributed by atoms with E-state index in [1.165, 1.54) is 0 Å². The normalized spacial score (nSPS) is 12.8. The topological polar surface area (TPSA) is 50.1 Å². The van der Waals surface area contributed by atoms with Crippen LogP contribution in [-0.2, 0) is 0 Å². The van der Waals surface area contributed by atoms with Crippen molar-refractivity contribution in [2.75, 3.05) is 0 Å². The van der Waals surface area contributed by atoms with E-state index in [9.17, 15) is 0 Å². The van der Waals surface area contributed by atoms with E-state index in [2.05, 4.69) is 31.5 Å². The Bertz CT molecular complexity index is 134. The summed E-state index contributed by atoms with van der Waals surface area (Å²) in [4.78, 5) is 0. The molecule has 0 aliphatic carbocycles. The third kappa shape index (κ3) is 3.88. The Kier molecular flexibility index (Phi) is 6.02. The first-order valence-corrected chi connectivity index (χ1v) is 4.83. The van der Waals surface area contributed by atoms with Crippen LogP contribution in [0, 0.1) is 5.92 Å². The number of hydrogen-bond donors (Lipinski definition) is 3. The zero-order chi connectivity index (χ0) is 9.56. The highest BCUT2D eigenvalue weighted by Gasteiger charge is 2.13. The van der Waals surface area contributed by atoms with Gasteiger partial charge < -0.3 is 10.7 Å². The fraction of sp³-hybridized carbons (Fsp3) is 0.875. The molecule has 0 fully saturated rings. The van der Waals surface area contributed by atoms with Gasteiger partial charge in [-0.25, -0.2) is 5.84 Å². The van der Waals surface area contributed by atoms with Gasteiger partial charge in [0.25, 0.3) is 0 Å². The third-order valence-corrected chi connectivity index (χ3v) is 2.48. The van der Waals surface area contributed by atoms with Gasteiger partial charge in [0.05, 0.1) is 0 Å². The summed E-state index contributed by atoms with van der Waals surface area (Å²) in [5.41, 5.74) is 2.42. The number of thiocarbonyl (C=S) groups is 1. The van der Waals surface area contributed by atoms with Crippen molar-refractivity contribution in [3.8, 4) is 0 Å². The lowest BCUT2D eigenvalue weighted by atomic mass is 9.96. The SMILES string of the molecule is CCC(CC)C(C)NC(=S)NN. The third-order valence-electron chi connectivity index (χ3n) is 2.25. The molecule has 0 saturated carbocycles. The van der Waals surface area contributed by atoms with E-state index in [4.69, 9.17) is 18.1 Å². The molecule has 0 aromatic rings. The Balaban J connectivity index is 3.83. The zero-order valence-corrected chi connectivity index (χ0v) is 8.87. The van der Waals surface area contributed by atoms with Crippen molar-refractivity contribution in [1.29, 1.82) is 0 Å². The van der Waals surface area contributed by atoms with Crippen molar-refractivity contribution < 1.29 is 0 Å². The average molecular weight is 189 g/mol. The monoisotopic (exact) mass is 189 g/mol. The Morgan fingerprint density at radius 3 is 2.25 bits per heavy atom. The van der Waals surface area contributed by atoms with Gasteiger partial charge in [0.15, 0.2) is 5.11 Å². The van der Waals surface area contributed by atoms with Crippen molar-refractivity contribution in [2.45, 2.75) is 39.7 Å². The Labute approximate surface area is 80.1 Å². The van der Waals surface area contributed by atoms with Crippen molar-refractivity contribution in [2.24, 2.45) is 11.8 Å². The van der Waals surface area contributed by atoms with E-state index < -0.39 is 0 Å². The van der Waals surface area contributed by atoms with E-state index in [1.54, 1.807) is 0 Å². The van der Waals surface area contributed by atoms with Crippen LogP contribution in [0.4, 0.5) is 0 Å². The predicted molar refractivity (Wildman–Crippen MR) is 56.6 cm³/mol. The summed E-state index contributed by atoms with van der Waals surface area (Å²) in [5.74, 6) is 5.81. The maximum Gasteiger partial charge on any atom is 0.180 e. The summed E-state index contributed by atoms with van der Waals surface area (Å²) in [6.45, 7) is 6.50. The van der Waals surface area contributed by atoms with Crippen LogP contribution in [0.5, 0.6) is 0 Å². The molecule has 0 heterocycles. The highest BCUT2D eigenvalue weighted by molar-refractivity contribution is 7.80. The second kappa shape index (κ2) is 6.20.